The van der Waals surface area contributed by atoms with E-state index in [-0.39, 0.29) is 24.7 Å². The number of aliphatic hydroxyl groups is 1. The van der Waals surface area contributed by atoms with Gasteiger partial charge in [-0.2, -0.15) is 13.2 Å². The van der Waals surface area contributed by atoms with E-state index in [0.717, 1.165) is 0 Å². The van der Waals surface area contributed by atoms with E-state index in [9.17, 15) is 27.5 Å². The average Bonchev–Trinajstić information content (AvgIpc) is 3.34. The van der Waals surface area contributed by atoms with Crippen LogP contribution in [0.1, 0.15) is 27.5 Å². The molecule has 1 aliphatic rings. The third kappa shape index (κ3) is 4.96. The van der Waals surface area contributed by atoms with Crippen LogP contribution in [0, 0.1) is 12.7 Å². The van der Waals surface area contributed by atoms with E-state index in [1.807, 2.05) is 0 Å². The maximum atomic E-state index is 13.3. The molecule has 33 heavy (non-hydrogen) atoms. The van der Waals surface area contributed by atoms with Crippen molar-refractivity contribution in [1.82, 2.24) is 19.9 Å². The van der Waals surface area contributed by atoms with Gasteiger partial charge in [0.2, 0.25) is 5.95 Å². The summed E-state index contributed by atoms with van der Waals surface area (Å²) in [6.07, 6.45) is -3.73. The summed E-state index contributed by atoms with van der Waals surface area (Å²) in [4.78, 5) is 27.1. The molecule has 3 aromatic rings. The SMILES string of the molecule is Cc1nc(C(=O)N2CC[C@H](O)[C@H]2CNc2ncc(C(F)(F)F)cn2)c(-c2ccc(F)cc2)s1. The number of nitrogens with zero attached hydrogens (tertiary/aromatic N) is 4. The number of rotatable bonds is 5. The molecule has 174 valence electrons. The van der Waals surface area contributed by atoms with Crippen molar-refractivity contribution in [2.75, 3.05) is 18.4 Å². The first-order valence-corrected chi connectivity index (χ1v) is 10.8. The number of thiazole rings is 1. The van der Waals surface area contributed by atoms with E-state index < -0.39 is 35.6 Å². The number of aliphatic hydroxyl groups excluding tert-OH is 1. The van der Waals surface area contributed by atoms with Gasteiger partial charge >= 0.3 is 6.18 Å². The van der Waals surface area contributed by atoms with Crippen molar-refractivity contribution in [1.29, 1.82) is 0 Å². The van der Waals surface area contributed by atoms with Crippen LogP contribution in [-0.4, -0.2) is 56.1 Å². The van der Waals surface area contributed by atoms with E-state index in [0.29, 0.717) is 34.3 Å². The first kappa shape index (κ1) is 23.1. The highest BCUT2D eigenvalue weighted by atomic mass is 32.1. The third-order valence-electron chi connectivity index (χ3n) is 5.26. The van der Waals surface area contributed by atoms with E-state index in [1.54, 1.807) is 19.1 Å². The van der Waals surface area contributed by atoms with E-state index >= 15 is 0 Å². The Labute approximate surface area is 190 Å². The number of anilines is 1. The molecular weight excluding hydrogens is 462 g/mol. The zero-order valence-corrected chi connectivity index (χ0v) is 18.1. The molecule has 2 N–H and O–H groups in total. The zero-order chi connectivity index (χ0) is 23.8. The summed E-state index contributed by atoms with van der Waals surface area (Å²) in [6, 6.07) is 5.08. The van der Waals surface area contributed by atoms with Crippen molar-refractivity contribution in [3.8, 4) is 10.4 Å². The lowest BCUT2D eigenvalue weighted by Crippen LogP contribution is -2.44. The topological polar surface area (TPSA) is 91.2 Å². The smallest absolute Gasteiger partial charge is 0.391 e. The van der Waals surface area contributed by atoms with Gasteiger partial charge in [-0.25, -0.2) is 19.3 Å². The first-order valence-electron chi connectivity index (χ1n) is 9.99. The number of amides is 1. The monoisotopic (exact) mass is 481 g/mol. The number of carbonyl (C=O) groups is 1. The van der Waals surface area contributed by atoms with Crippen molar-refractivity contribution in [2.24, 2.45) is 0 Å². The molecule has 2 aromatic heterocycles. The van der Waals surface area contributed by atoms with Gasteiger partial charge in [-0.3, -0.25) is 4.79 Å². The first-order chi connectivity index (χ1) is 15.6. The molecule has 0 spiro atoms. The van der Waals surface area contributed by atoms with Crippen molar-refractivity contribution in [2.45, 2.75) is 31.7 Å². The molecule has 0 unspecified atom stereocenters. The second kappa shape index (κ2) is 9.02. The molecule has 1 aromatic carbocycles. The Hall–Kier alpha value is -3.12. The van der Waals surface area contributed by atoms with Gasteiger partial charge < -0.3 is 15.3 Å². The molecule has 1 fully saturated rings. The van der Waals surface area contributed by atoms with Crippen LogP contribution in [0.2, 0.25) is 0 Å². The maximum Gasteiger partial charge on any atom is 0.419 e. The molecule has 0 aliphatic carbocycles. The molecule has 1 aliphatic heterocycles. The standard InChI is InChI=1S/C21H19F4N5O2S/c1-11-29-17(18(33-11)12-2-4-14(22)5-3-12)19(32)30-7-6-16(31)15(30)10-28-20-26-8-13(9-27-20)21(23,24)25/h2-5,8-9,15-16,31H,6-7,10H2,1H3,(H,26,27,28)/t15-,16+/m1/s1. The fourth-order valence-corrected chi connectivity index (χ4v) is 4.52. The highest BCUT2D eigenvalue weighted by Crippen LogP contribution is 2.33. The van der Waals surface area contributed by atoms with Crippen LogP contribution in [0.5, 0.6) is 0 Å². The summed E-state index contributed by atoms with van der Waals surface area (Å²) in [5.74, 6) is -0.839. The number of hydrogen-bond donors (Lipinski definition) is 2. The van der Waals surface area contributed by atoms with Crippen molar-refractivity contribution < 1.29 is 27.5 Å². The summed E-state index contributed by atoms with van der Waals surface area (Å²) in [5.41, 5.74) is -0.120. The van der Waals surface area contributed by atoms with Gasteiger partial charge in [0.15, 0.2) is 0 Å². The van der Waals surface area contributed by atoms with Crippen LogP contribution < -0.4 is 5.32 Å². The van der Waals surface area contributed by atoms with Gasteiger partial charge in [0.1, 0.15) is 11.5 Å². The van der Waals surface area contributed by atoms with E-state index in [2.05, 4.69) is 20.3 Å². The average molecular weight is 481 g/mol. The second-order valence-electron chi connectivity index (χ2n) is 7.51. The summed E-state index contributed by atoms with van der Waals surface area (Å²) in [5, 5.41) is 13.9. The van der Waals surface area contributed by atoms with Crippen LogP contribution in [0.25, 0.3) is 10.4 Å². The number of carbonyl (C=O) groups excluding carboxylic acids is 1. The Balaban J connectivity index is 1.52. The number of nitrogens with one attached hydrogen (secondary N) is 1. The van der Waals surface area contributed by atoms with Crippen LogP contribution in [0.3, 0.4) is 0 Å². The third-order valence-corrected chi connectivity index (χ3v) is 6.28. The number of halogens is 4. The lowest BCUT2D eigenvalue weighted by molar-refractivity contribution is -0.138. The highest BCUT2D eigenvalue weighted by molar-refractivity contribution is 7.15. The minimum Gasteiger partial charge on any atom is -0.391 e. The second-order valence-corrected chi connectivity index (χ2v) is 8.72. The number of aryl methyl sites for hydroxylation is 1. The summed E-state index contributed by atoms with van der Waals surface area (Å²) in [7, 11) is 0. The van der Waals surface area contributed by atoms with Crippen LogP contribution in [0.15, 0.2) is 36.7 Å². The molecule has 4 rings (SSSR count). The Morgan fingerprint density at radius 1 is 1.24 bits per heavy atom. The fourth-order valence-electron chi connectivity index (χ4n) is 3.60. The van der Waals surface area contributed by atoms with Gasteiger partial charge in [-0.15, -0.1) is 11.3 Å². The fraction of sp³-hybridized carbons (Fsp3) is 0.333. The number of benzene rings is 1. The lowest BCUT2D eigenvalue weighted by Gasteiger charge is -2.26. The van der Waals surface area contributed by atoms with Crippen molar-refractivity contribution in [3.63, 3.8) is 0 Å². The van der Waals surface area contributed by atoms with Crippen LogP contribution in [-0.2, 0) is 6.18 Å². The molecule has 1 amide bonds. The highest BCUT2D eigenvalue weighted by Gasteiger charge is 2.38. The van der Waals surface area contributed by atoms with Crippen LogP contribution in [0.4, 0.5) is 23.5 Å². The molecule has 1 saturated heterocycles. The van der Waals surface area contributed by atoms with Crippen molar-refractivity contribution in [3.05, 3.63) is 58.7 Å². The Kier molecular flexibility index (Phi) is 6.30. The number of hydrogen-bond acceptors (Lipinski definition) is 7. The maximum absolute atomic E-state index is 13.3. The van der Waals surface area contributed by atoms with E-state index in [1.165, 1.54) is 28.4 Å². The molecule has 3 heterocycles. The number of aromatic nitrogens is 3. The summed E-state index contributed by atoms with van der Waals surface area (Å²) in [6.45, 7) is 2.07. The Bertz CT molecular complexity index is 1140. The van der Waals surface area contributed by atoms with Crippen LogP contribution >= 0.6 is 11.3 Å². The molecular formula is C21H19F4N5O2S. The van der Waals surface area contributed by atoms with Gasteiger partial charge in [-0.1, -0.05) is 12.1 Å². The largest absolute Gasteiger partial charge is 0.419 e. The molecule has 0 bridgehead atoms. The van der Waals surface area contributed by atoms with Crippen molar-refractivity contribution >= 4 is 23.2 Å². The predicted octanol–water partition coefficient (Wildman–Crippen LogP) is 3.75. The molecule has 2 atom stereocenters. The van der Waals surface area contributed by atoms with E-state index in [4.69, 9.17) is 0 Å². The predicted molar refractivity (Wildman–Crippen MR) is 113 cm³/mol. The Morgan fingerprint density at radius 2 is 1.91 bits per heavy atom. The normalized spacial score (nSPS) is 18.5. The quantitative estimate of drug-likeness (QED) is 0.540. The Morgan fingerprint density at radius 3 is 2.55 bits per heavy atom. The molecule has 12 heteroatoms. The summed E-state index contributed by atoms with van der Waals surface area (Å²) < 4.78 is 51.4. The van der Waals surface area contributed by atoms with Gasteiger partial charge in [0.05, 0.1) is 27.6 Å². The lowest BCUT2D eigenvalue weighted by atomic mass is 10.1. The molecule has 7 nitrogen and oxygen atoms in total. The van der Waals surface area contributed by atoms with Gasteiger partial charge in [-0.05, 0) is 31.0 Å². The zero-order valence-electron chi connectivity index (χ0n) is 17.3. The molecule has 0 saturated carbocycles. The number of alkyl halides is 3. The number of likely N-dealkylation sites (tertiary alicyclic amines) is 1. The summed E-state index contributed by atoms with van der Waals surface area (Å²) >= 11 is 1.30. The minimum atomic E-state index is -4.54. The van der Waals surface area contributed by atoms with Gasteiger partial charge in [0, 0.05) is 25.5 Å². The molecule has 0 radical (unpaired) electrons. The van der Waals surface area contributed by atoms with Gasteiger partial charge in [0.25, 0.3) is 5.91 Å². The minimum absolute atomic E-state index is 0.0350.